The van der Waals surface area contributed by atoms with Gasteiger partial charge in [0.15, 0.2) is 0 Å². The molecule has 0 N–H and O–H groups in total. The average molecular weight is 371 g/mol. The van der Waals surface area contributed by atoms with Crippen LogP contribution >= 0.6 is 11.8 Å². The third kappa shape index (κ3) is 13.7. The Bertz CT molecular complexity index is 319. The van der Waals surface area contributed by atoms with Crippen LogP contribution in [0.25, 0.3) is 0 Å². The first-order valence-electron chi connectivity index (χ1n) is 11.0. The Kier molecular flexibility index (Phi) is 14.7. The van der Waals surface area contributed by atoms with Gasteiger partial charge in [-0.25, -0.2) is 0 Å². The van der Waals surface area contributed by atoms with Gasteiger partial charge in [0.1, 0.15) is 0 Å². The van der Waals surface area contributed by atoms with Crippen molar-refractivity contribution in [2.24, 2.45) is 0 Å². The minimum Gasteiger partial charge on any atom is -0.469 e. The molecule has 1 saturated heterocycles. The lowest BCUT2D eigenvalue weighted by molar-refractivity contribution is -0.140. The molecule has 2 nitrogen and oxygen atoms in total. The maximum atomic E-state index is 11.0. The van der Waals surface area contributed by atoms with Gasteiger partial charge in [-0.3, -0.25) is 4.79 Å². The molecule has 0 aliphatic carbocycles. The second kappa shape index (κ2) is 16.0. The Labute approximate surface area is 161 Å². The number of carbonyl (C=O) groups is 1. The smallest absolute Gasteiger partial charge is 0.305 e. The molecule has 0 bridgehead atoms. The molecule has 2 unspecified atom stereocenters. The van der Waals surface area contributed by atoms with Gasteiger partial charge in [-0.1, -0.05) is 90.4 Å². The molecule has 0 aromatic heterocycles. The minimum atomic E-state index is -0.0600. The monoisotopic (exact) mass is 370 g/mol. The number of hydrogen-bond donors (Lipinski definition) is 0. The van der Waals surface area contributed by atoms with Gasteiger partial charge in [-0.15, -0.1) is 0 Å². The molecular formula is C22H42O2S. The molecule has 0 radical (unpaired) electrons. The molecule has 0 amide bonds. The van der Waals surface area contributed by atoms with Crippen molar-refractivity contribution in [3.8, 4) is 0 Å². The number of hydrogen-bond acceptors (Lipinski definition) is 3. The highest BCUT2D eigenvalue weighted by atomic mass is 32.2. The number of carbonyl (C=O) groups excluding carboxylic acids is 1. The molecule has 0 aromatic rings. The molecule has 1 aliphatic rings. The van der Waals surface area contributed by atoms with Crippen LogP contribution in [0.15, 0.2) is 0 Å². The summed E-state index contributed by atoms with van der Waals surface area (Å²) in [5, 5.41) is 1.89. The van der Waals surface area contributed by atoms with Gasteiger partial charge in [0, 0.05) is 16.9 Å². The highest BCUT2D eigenvalue weighted by Crippen LogP contribution is 2.47. The van der Waals surface area contributed by atoms with E-state index in [4.69, 9.17) is 0 Å². The van der Waals surface area contributed by atoms with E-state index in [1.165, 1.54) is 103 Å². The van der Waals surface area contributed by atoms with Crippen molar-refractivity contribution < 1.29 is 9.53 Å². The maximum Gasteiger partial charge on any atom is 0.305 e. The Hall–Kier alpha value is -0.180. The van der Waals surface area contributed by atoms with Crippen LogP contribution in [0.4, 0.5) is 0 Å². The molecule has 2 atom stereocenters. The van der Waals surface area contributed by atoms with Crippen LogP contribution in [0.3, 0.4) is 0 Å². The fourth-order valence-electron chi connectivity index (χ4n) is 3.59. The van der Waals surface area contributed by atoms with Crippen LogP contribution in [-0.2, 0) is 9.53 Å². The fourth-order valence-corrected chi connectivity index (χ4v) is 4.83. The van der Waals surface area contributed by atoms with E-state index in [1.54, 1.807) is 0 Å². The molecule has 1 heterocycles. The first kappa shape index (κ1) is 22.9. The summed E-state index contributed by atoms with van der Waals surface area (Å²) in [5.41, 5.74) is 0. The topological polar surface area (TPSA) is 26.3 Å². The van der Waals surface area contributed by atoms with E-state index in [9.17, 15) is 4.79 Å². The number of esters is 1. The van der Waals surface area contributed by atoms with E-state index >= 15 is 0 Å². The largest absolute Gasteiger partial charge is 0.469 e. The summed E-state index contributed by atoms with van der Waals surface area (Å²) in [7, 11) is 1.47. The summed E-state index contributed by atoms with van der Waals surface area (Å²) in [5.74, 6) is -0.0600. The second-order valence-corrected chi connectivity index (χ2v) is 9.20. The van der Waals surface area contributed by atoms with E-state index in [-0.39, 0.29) is 5.97 Å². The molecule has 1 rings (SSSR count). The molecule has 1 fully saturated rings. The summed E-state index contributed by atoms with van der Waals surface area (Å²) in [6.45, 7) is 2.29. The molecule has 0 saturated carbocycles. The van der Waals surface area contributed by atoms with Crippen molar-refractivity contribution in [1.82, 2.24) is 0 Å². The Morgan fingerprint density at radius 2 is 1.16 bits per heavy atom. The summed E-state index contributed by atoms with van der Waals surface area (Å²) < 4.78 is 4.67. The predicted octanol–water partition coefficient (Wildman–Crippen LogP) is 7.30. The quantitative estimate of drug-likeness (QED) is 0.144. The van der Waals surface area contributed by atoms with E-state index in [1.807, 2.05) is 0 Å². The van der Waals surface area contributed by atoms with Gasteiger partial charge in [0.2, 0.25) is 0 Å². The zero-order valence-corrected chi connectivity index (χ0v) is 17.7. The number of ether oxygens (including phenoxy) is 1. The zero-order valence-electron chi connectivity index (χ0n) is 16.9. The number of thioether (sulfide) groups is 1. The first-order valence-corrected chi connectivity index (χ1v) is 11.9. The second-order valence-electron chi connectivity index (χ2n) is 7.71. The molecule has 1 aliphatic heterocycles. The number of rotatable bonds is 18. The van der Waals surface area contributed by atoms with Crippen LogP contribution in [0, 0.1) is 0 Å². The highest BCUT2D eigenvalue weighted by Gasteiger charge is 2.36. The van der Waals surface area contributed by atoms with Crippen molar-refractivity contribution in [2.45, 2.75) is 127 Å². The van der Waals surface area contributed by atoms with E-state index in [0.717, 1.165) is 16.9 Å². The van der Waals surface area contributed by atoms with E-state index in [0.29, 0.717) is 6.42 Å². The Balaban J connectivity index is 1.74. The van der Waals surface area contributed by atoms with Gasteiger partial charge in [0.05, 0.1) is 7.11 Å². The normalized spacial score (nSPS) is 19.1. The molecular weight excluding hydrogens is 328 g/mol. The summed E-state index contributed by atoms with van der Waals surface area (Å²) in [6.07, 6.45) is 22.7. The van der Waals surface area contributed by atoms with Gasteiger partial charge < -0.3 is 4.74 Å². The van der Waals surface area contributed by atoms with Gasteiger partial charge in [-0.05, 0) is 19.3 Å². The number of methoxy groups -OCH3 is 1. The molecule has 0 spiro atoms. The lowest BCUT2D eigenvalue weighted by atomic mass is 10.0. The molecule has 148 valence electrons. The maximum absolute atomic E-state index is 11.0. The van der Waals surface area contributed by atoms with Crippen molar-refractivity contribution >= 4 is 17.7 Å². The fraction of sp³-hybridized carbons (Fsp3) is 0.955. The van der Waals surface area contributed by atoms with Crippen LogP contribution < -0.4 is 0 Å². The van der Waals surface area contributed by atoms with Crippen molar-refractivity contribution in [1.29, 1.82) is 0 Å². The first-order chi connectivity index (χ1) is 12.3. The lowest BCUT2D eigenvalue weighted by Crippen LogP contribution is -1.99. The Morgan fingerprint density at radius 3 is 1.64 bits per heavy atom. The summed E-state index contributed by atoms with van der Waals surface area (Å²) in [6, 6.07) is 0. The van der Waals surface area contributed by atoms with Gasteiger partial charge >= 0.3 is 5.97 Å². The van der Waals surface area contributed by atoms with Crippen molar-refractivity contribution in [3.63, 3.8) is 0 Å². The van der Waals surface area contributed by atoms with Crippen LogP contribution in [0.1, 0.15) is 116 Å². The Morgan fingerprint density at radius 1 is 0.720 bits per heavy atom. The third-order valence-electron chi connectivity index (χ3n) is 5.38. The SMILES string of the molecule is CCCCCCCCCCCCCC1SC1CCCCCC(=O)OC. The van der Waals surface area contributed by atoms with Crippen LogP contribution in [-0.4, -0.2) is 23.6 Å². The average Bonchev–Trinajstić information content (AvgIpc) is 3.37. The summed E-state index contributed by atoms with van der Waals surface area (Å²) >= 11 is 2.20. The molecule has 25 heavy (non-hydrogen) atoms. The number of unbranched alkanes of at least 4 members (excludes halogenated alkanes) is 12. The molecule has 0 aromatic carbocycles. The lowest BCUT2D eigenvalue weighted by Gasteiger charge is -2.03. The van der Waals surface area contributed by atoms with E-state index in [2.05, 4.69) is 23.4 Å². The van der Waals surface area contributed by atoms with Crippen molar-refractivity contribution in [2.75, 3.05) is 7.11 Å². The van der Waals surface area contributed by atoms with Gasteiger partial charge in [0.25, 0.3) is 0 Å². The van der Waals surface area contributed by atoms with E-state index < -0.39 is 0 Å². The summed E-state index contributed by atoms with van der Waals surface area (Å²) in [4.78, 5) is 11.0. The van der Waals surface area contributed by atoms with Crippen LogP contribution in [0.2, 0.25) is 0 Å². The van der Waals surface area contributed by atoms with Crippen LogP contribution in [0.5, 0.6) is 0 Å². The highest BCUT2D eigenvalue weighted by molar-refractivity contribution is 8.07. The minimum absolute atomic E-state index is 0.0600. The predicted molar refractivity (Wildman–Crippen MR) is 111 cm³/mol. The van der Waals surface area contributed by atoms with Gasteiger partial charge in [-0.2, -0.15) is 11.8 Å². The van der Waals surface area contributed by atoms with Crippen molar-refractivity contribution in [3.05, 3.63) is 0 Å². The molecule has 3 heteroatoms. The zero-order chi connectivity index (χ0) is 18.2. The third-order valence-corrected chi connectivity index (χ3v) is 6.89. The standard InChI is InChI=1S/C22H42O2S/c1-3-4-5-6-7-8-9-10-11-12-14-17-20-21(25-20)18-15-13-16-19-22(23)24-2/h20-21H,3-19H2,1-2H3.